The molecule has 0 radical (unpaired) electrons. The fraction of sp³-hybridized carbons (Fsp3) is 0.235. The molecule has 1 aromatic carbocycles. The lowest BCUT2D eigenvalue weighted by molar-refractivity contribution is 0.102. The minimum Gasteiger partial charge on any atom is -0.378 e. The normalized spacial score (nSPS) is 14.6. The number of thiazole rings is 1. The molecule has 0 aliphatic carbocycles. The van der Waals surface area contributed by atoms with Crippen LogP contribution in [-0.4, -0.2) is 42.2 Å². The van der Waals surface area contributed by atoms with E-state index in [0.29, 0.717) is 18.9 Å². The third-order valence-electron chi connectivity index (χ3n) is 3.98. The van der Waals surface area contributed by atoms with Crippen LogP contribution in [0.25, 0.3) is 10.2 Å². The molecule has 1 aliphatic heterocycles. The van der Waals surface area contributed by atoms with Crippen molar-refractivity contribution < 1.29 is 9.53 Å². The fourth-order valence-electron chi connectivity index (χ4n) is 2.68. The number of nitrogens with zero attached hydrogens (tertiary/aromatic N) is 2. The number of carbonyl (C=O) groups excluding carboxylic acids is 1. The summed E-state index contributed by atoms with van der Waals surface area (Å²) in [5, 5.41) is 3.73. The summed E-state index contributed by atoms with van der Waals surface area (Å²) in [5.41, 5.74) is 1.20. The highest BCUT2D eigenvalue weighted by atomic mass is 32.1. The number of nitrogens with one attached hydrogen (secondary N) is 2. The third-order valence-corrected chi connectivity index (χ3v) is 5.06. The quantitative estimate of drug-likeness (QED) is 0.750. The van der Waals surface area contributed by atoms with Crippen LogP contribution in [0.4, 0.5) is 10.8 Å². The fourth-order valence-corrected chi connectivity index (χ4v) is 3.74. The van der Waals surface area contributed by atoms with E-state index in [-0.39, 0.29) is 5.56 Å². The van der Waals surface area contributed by atoms with Crippen molar-refractivity contribution in [1.29, 1.82) is 0 Å². The van der Waals surface area contributed by atoms with Crippen LogP contribution in [-0.2, 0) is 4.74 Å². The number of benzene rings is 1. The second kappa shape index (κ2) is 6.66. The van der Waals surface area contributed by atoms with E-state index in [4.69, 9.17) is 4.74 Å². The molecule has 1 aliphatic rings. The molecule has 1 saturated heterocycles. The van der Waals surface area contributed by atoms with Gasteiger partial charge in [0.05, 0.1) is 23.4 Å². The second-order valence-corrected chi connectivity index (χ2v) is 6.65. The molecule has 0 spiro atoms. The minimum atomic E-state index is -0.431. The maximum absolute atomic E-state index is 12.3. The molecule has 3 heterocycles. The van der Waals surface area contributed by atoms with Crippen molar-refractivity contribution in [2.24, 2.45) is 0 Å². The predicted octanol–water partition coefficient (Wildman–Crippen LogP) is 2.07. The minimum absolute atomic E-state index is 0.0842. The van der Waals surface area contributed by atoms with Crippen LogP contribution in [0.2, 0.25) is 0 Å². The van der Waals surface area contributed by atoms with Gasteiger partial charge in [-0.05, 0) is 30.3 Å². The maximum atomic E-state index is 12.3. The standard InChI is InChI=1S/C17H16N4O3S/c22-15-12(2-1-5-18-15)16(23)19-11-3-4-13-14(10-11)25-17(20-13)21-6-8-24-9-7-21/h1-5,10H,6-9H2,(H,18,22)(H,19,23). The van der Waals surface area contributed by atoms with Crippen LogP contribution >= 0.6 is 11.3 Å². The molecule has 2 N–H and O–H groups in total. The Morgan fingerprint density at radius 1 is 1.28 bits per heavy atom. The van der Waals surface area contributed by atoms with Gasteiger partial charge in [-0.3, -0.25) is 9.59 Å². The van der Waals surface area contributed by atoms with E-state index in [9.17, 15) is 9.59 Å². The average Bonchev–Trinajstić information content (AvgIpc) is 3.06. The van der Waals surface area contributed by atoms with Gasteiger partial charge in [0.25, 0.3) is 11.5 Å². The van der Waals surface area contributed by atoms with Crippen LogP contribution in [0.1, 0.15) is 10.4 Å². The Hall–Kier alpha value is -2.71. The highest BCUT2D eigenvalue weighted by molar-refractivity contribution is 7.22. The summed E-state index contributed by atoms with van der Waals surface area (Å²) in [4.78, 5) is 33.3. The molecule has 0 unspecified atom stereocenters. The molecule has 25 heavy (non-hydrogen) atoms. The lowest BCUT2D eigenvalue weighted by atomic mass is 10.2. The monoisotopic (exact) mass is 356 g/mol. The first-order chi connectivity index (χ1) is 12.2. The van der Waals surface area contributed by atoms with E-state index in [1.54, 1.807) is 23.5 Å². The number of aromatic nitrogens is 2. The van der Waals surface area contributed by atoms with Crippen molar-refractivity contribution in [3.05, 3.63) is 52.4 Å². The molecular weight excluding hydrogens is 340 g/mol. The number of fused-ring (bicyclic) bond motifs is 1. The number of aromatic amines is 1. The van der Waals surface area contributed by atoms with E-state index in [1.807, 2.05) is 12.1 Å². The second-order valence-electron chi connectivity index (χ2n) is 5.65. The summed E-state index contributed by atoms with van der Waals surface area (Å²) in [7, 11) is 0. The molecular formula is C17H16N4O3S. The first kappa shape index (κ1) is 15.8. The number of H-pyrrole nitrogens is 1. The van der Waals surface area contributed by atoms with Gasteiger partial charge < -0.3 is 19.9 Å². The maximum Gasteiger partial charge on any atom is 0.261 e. The summed E-state index contributed by atoms with van der Waals surface area (Å²) in [6.45, 7) is 3.09. The molecule has 0 saturated carbocycles. The first-order valence-corrected chi connectivity index (χ1v) is 8.75. The Balaban J connectivity index is 1.57. The molecule has 1 amide bonds. The Kier molecular flexibility index (Phi) is 4.21. The molecule has 3 aromatic rings. The number of pyridine rings is 1. The summed E-state index contributed by atoms with van der Waals surface area (Å²) in [5.74, 6) is -0.431. The first-order valence-electron chi connectivity index (χ1n) is 7.93. The number of hydrogen-bond donors (Lipinski definition) is 2. The van der Waals surface area contributed by atoms with Gasteiger partial charge in [-0.2, -0.15) is 0 Å². The molecule has 128 valence electrons. The van der Waals surface area contributed by atoms with Gasteiger partial charge in [-0.25, -0.2) is 4.98 Å². The lowest BCUT2D eigenvalue weighted by Gasteiger charge is -2.25. The van der Waals surface area contributed by atoms with E-state index in [1.165, 1.54) is 12.3 Å². The van der Waals surface area contributed by atoms with E-state index >= 15 is 0 Å². The Bertz CT molecular complexity index is 975. The average molecular weight is 356 g/mol. The van der Waals surface area contributed by atoms with E-state index < -0.39 is 11.5 Å². The van der Waals surface area contributed by atoms with Crippen molar-refractivity contribution in [2.45, 2.75) is 0 Å². The van der Waals surface area contributed by atoms with Crippen LogP contribution in [0.5, 0.6) is 0 Å². The van der Waals surface area contributed by atoms with Crippen LogP contribution in [0, 0.1) is 0 Å². The molecule has 0 atom stereocenters. The number of carbonyl (C=O) groups is 1. The SMILES string of the molecule is O=C(Nc1ccc2nc(N3CCOCC3)sc2c1)c1ccc[nH]c1=O. The van der Waals surface area contributed by atoms with Gasteiger partial charge in [0, 0.05) is 25.0 Å². The van der Waals surface area contributed by atoms with Crippen molar-refractivity contribution in [2.75, 3.05) is 36.5 Å². The van der Waals surface area contributed by atoms with Crippen LogP contribution in [0.15, 0.2) is 41.3 Å². The van der Waals surface area contributed by atoms with Gasteiger partial charge in [-0.15, -0.1) is 0 Å². The topological polar surface area (TPSA) is 87.3 Å². The summed E-state index contributed by atoms with van der Waals surface area (Å²) in [6, 6.07) is 8.67. The highest BCUT2D eigenvalue weighted by Gasteiger charge is 2.16. The predicted molar refractivity (Wildman–Crippen MR) is 97.7 cm³/mol. The van der Waals surface area contributed by atoms with E-state index in [0.717, 1.165) is 28.4 Å². The van der Waals surface area contributed by atoms with Crippen molar-refractivity contribution in [3.63, 3.8) is 0 Å². The van der Waals surface area contributed by atoms with Crippen LogP contribution in [0.3, 0.4) is 0 Å². The zero-order valence-electron chi connectivity index (χ0n) is 13.3. The van der Waals surface area contributed by atoms with Crippen LogP contribution < -0.4 is 15.8 Å². The van der Waals surface area contributed by atoms with Gasteiger partial charge in [-0.1, -0.05) is 11.3 Å². The Morgan fingerprint density at radius 2 is 2.12 bits per heavy atom. The van der Waals surface area contributed by atoms with Gasteiger partial charge in [0.2, 0.25) is 0 Å². The molecule has 8 heteroatoms. The molecule has 2 aromatic heterocycles. The van der Waals surface area contributed by atoms with Crippen molar-refractivity contribution >= 4 is 38.3 Å². The lowest BCUT2D eigenvalue weighted by Crippen LogP contribution is -2.36. The smallest absolute Gasteiger partial charge is 0.261 e. The molecule has 4 rings (SSSR count). The number of rotatable bonds is 3. The zero-order chi connectivity index (χ0) is 17.2. The third kappa shape index (κ3) is 3.26. The van der Waals surface area contributed by atoms with Gasteiger partial charge in [0.1, 0.15) is 5.56 Å². The number of anilines is 2. The molecule has 0 bridgehead atoms. The largest absolute Gasteiger partial charge is 0.378 e. The summed E-state index contributed by atoms with van der Waals surface area (Å²) >= 11 is 1.58. The van der Waals surface area contributed by atoms with Gasteiger partial charge >= 0.3 is 0 Å². The van der Waals surface area contributed by atoms with Gasteiger partial charge in [0.15, 0.2) is 5.13 Å². The highest BCUT2D eigenvalue weighted by Crippen LogP contribution is 2.31. The van der Waals surface area contributed by atoms with Crippen molar-refractivity contribution in [3.8, 4) is 0 Å². The molecule has 7 nitrogen and oxygen atoms in total. The Morgan fingerprint density at radius 3 is 2.92 bits per heavy atom. The summed E-state index contributed by atoms with van der Waals surface area (Å²) in [6.07, 6.45) is 1.50. The van der Waals surface area contributed by atoms with E-state index in [2.05, 4.69) is 20.2 Å². The Labute approximate surface area is 147 Å². The number of ether oxygens (including phenoxy) is 1. The summed E-state index contributed by atoms with van der Waals surface area (Å²) < 4.78 is 6.36. The number of hydrogen-bond acceptors (Lipinski definition) is 6. The molecule has 1 fully saturated rings. The zero-order valence-corrected chi connectivity index (χ0v) is 14.1. The number of amides is 1. The van der Waals surface area contributed by atoms with Crippen molar-refractivity contribution in [1.82, 2.24) is 9.97 Å². The number of morpholine rings is 1.